The van der Waals surface area contributed by atoms with Crippen molar-refractivity contribution in [3.8, 4) is 0 Å². The lowest BCUT2D eigenvalue weighted by atomic mass is 9.44. The van der Waals surface area contributed by atoms with Crippen LogP contribution in [0.4, 0.5) is 0 Å². The SMILES string of the molecule is CC(=O)O[C@H]1CC[C@]2(C)[C@H]3CC[C@]4(C)C(=O)CC[C@H]4[C@@H]3CC3CC32C1. The molecule has 0 N–H and O–H groups in total. The van der Waals surface area contributed by atoms with Crippen molar-refractivity contribution >= 4 is 11.8 Å². The van der Waals surface area contributed by atoms with E-state index in [9.17, 15) is 9.59 Å². The molecule has 5 aliphatic carbocycles. The number of esters is 1. The molecule has 3 nitrogen and oxygen atoms in total. The summed E-state index contributed by atoms with van der Waals surface area (Å²) in [7, 11) is 0. The van der Waals surface area contributed by atoms with E-state index in [1.165, 1.54) is 25.7 Å². The van der Waals surface area contributed by atoms with Crippen molar-refractivity contribution < 1.29 is 14.3 Å². The van der Waals surface area contributed by atoms with Crippen LogP contribution in [0.3, 0.4) is 0 Å². The van der Waals surface area contributed by atoms with E-state index in [-0.39, 0.29) is 17.5 Å². The molecule has 8 atom stereocenters. The quantitative estimate of drug-likeness (QED) is 0.656. The van der Waals surface area contributed by atoms with Crippen molar-refractivity contribution in [2.24, 2.45) is 39.9 Å². The molecule has 0 bridgehead atoms. The predicted molar refractivity (Wildman–Crippen MR) is 94.7 cm³/mol. The molecule has 0 saturated heterocycles. The summed E-state index contributed by atoms with van der Waals surface area (Å²) in [5.41, 5.74) is 0.828. The minimum atomic E-state index is -0.117. The van der Waals surface area contributed by atoms with Crippen molar-refractivity contribution in [2.75, 3.05) is 0 Å². The average molecular weight is 344 g/mol. The zero-order valence-corrected chi connectivity index (χ0v) is 16.0. The smallest absolute Gasteiger partial charge is 0.302 e. The molecule has 138 valence electrons. The molecule has 5 saturated carbocycles. The summed E-state index contributed by atoms with van der Waals surface area (Å²) in [6.45, 7) is 6.39. The molecule has 0 aromatic carbocycles. The van der Waals surface area contributed by atoms with Crippen LogP contribution in [-0.4, -0.2) is 17.9 Å². The normalized spacial score (nSPS) is 56.3. The van der Waals surface area contributed by atoms with Gasteiger partial charge >= 0.3 is 5.97 Å². The zero-order chi connectivity index (χ0) is 17.6. The first-order valence-electron chi connectivity index (χ1n) is 10.5. The van der Waals surface area contributed by atoms with Gasteiger partial charge in [-0.15, -0.1) is 0 Å². The Balaban J connectivity index is 1.44. The van der Waals surface area contributed by atoms with Crippen LogP contribution in [0.5, 0.6) is 0 Å². The van der Waals surface area contributed by atoms with Crippen LogP contribution in [0.15, 0.2) is 0 Å². The fourth-order valence-electron chi connectivity index (χ4n) is 8.49. The Hall–Kier alpha value is -0.860. The highest BCUT2D eigenvalue weighted by Gasteiger charge is 2.74. The van der Waals surface area contributed by atoms with Crippen LogP contribution in [0.2, 0.25) is 0 Å². The van der Waals surface area contributed by atoms with Gasteiger partial charge in [-0.25, -0.2) is 0 Å². The van der Waals surface area contributed by atoms with Crippen LogP contribution < -0.4 is 0 Å². The largest absolute Gasteiger partial charge is 0.463 e. The summed E-state index contributed by atoms with van der Waals surface area (Å²) in [4.78, 5) is 24.0. The van der Waals surface area contributed by atoms with E-state index in [2.05, 4.69) is 13.8 Å². The minimum absolute atomic E-state index is 0.0125. The number of hydrogen-bond donors (Lipinski definition) is 0. The number of Topliss-reactive ketones (excluding diaryl/α,β-unsaturated/α-hetero) is 1. The van der Waals surface area contributed by atoms with Crippen molar-refractivity contribution in [2.45, 2.75) is 84.7 Å². The van der Waals surface area contributed by atoms with Crippen LogP contribution in [0.1, 0.15) is 78.6 Å². The maximum Gasteiger partial charge on any atom is 0.302 e. The van der Waals surface area contributed by atoms with Gasteiger partial charge in [0.2, 0.25) is 0 Å². The van der Waals surface area contributed by atoms with E-state index in [1.54, 1.807) is 6.92 Å². The molecule has 0 amide bonds. The third-order valence-corrected chi connectivity index (χ3v) is 9.80. The highest BCUT2D eigenvalue weighted by molar-refractivity contribution is 5.87. The number of hydrogen-bond acceptors (Lipinski definition) is 3. The maximum atomic E-state index is 12.6. The van der Waals surface area contributed by atoms with Crippen molar-refractivity contribution in [3.05, 3.63) is 0 Å². The summed E-state index contributed by atoms with van der Waals surface area (Å²) < 4.78 is 5.63. The minimum Gasteiger partial charge on any atom is -0.463 e. The molecule has 3 heteroatoms. The molecule has 0 heterocycles. The molecular formula is C22H32O3. The molecule has 0 aromatic rings. The number of carbonyl (C=O) groups is 2. The van der Waals surface area contributed by atoms with E-state index in [1.807, 2.05) is 0 Å². The Morgan fingerprint density at radius 1 is 1.08 bits per heavy atom. The molecule has 0 radical (unpaired) electrons. The number of carbonyl (C=O) groups excluding carboxylic acids is 2. The van der Waals surface area contributed by atoms with Gasteiger partial charge in [0.15, 0.2) is 0 Å². The molecule has 5 fully saturated rings. The van der Waals surface area contributed by atoms with Gasteiger partial charge in [-0.05, 0) is 85.9 Å². The van der Waals surface area contributed by atoms with Crippen molar-refractivity contribution in [1.82, 2.24) is 0 Å². The van der Waals surface area contributed by atoms with Gasteiger partial charge in [-0.3, -0.25) is 9.59 Å². The summed E-state index contributed by atoms with van der Waals surface area (Å²) in [5.74, 6) is 3.44. The summed E-state index contributed by atoms with van der Waals surface area (Å²) in [6, 6.07) is 0. The fourth-order valence-corrected chi connectivity index (χ4v) is 8.49. The van der Waals surface area contributed by atoms with Crippen LogP contribution in [0, 0.1) is 39.9 Å². The van der Waals surface area contributed by atoms with Gasteiger partial charge in [-0.2, -0.15) is 0 Å². The highest BCUT2D eigenvalue weighted by atomic mass is 16.5. The fraction of sp³-hybridized carbons (Fsp3) is 0.909. The van der Waals surface area contributed by atoms with Crippen LogP contribution in [-0.2, 0) is 14.3 Å². The van der Waals surface area contributed by atoms with E-state index in [4.69, 9.17) is 4.74 Å². The first-order valence-corrected chi connectivity index (χ1v) is 10.5. The van der Waals surface area contributed by atoms with Crippen molar-refractivity contribution in [1.29, 1.82) is 0 Å². The van der Waals surface area contributed by atoms with Gasteiger partial charge in [0, 0.05) is 18.8 Å². The van der Waals surface area contributed by atoms with Gasteiger partial charge < -0.3 is 4.74 Å². The Bertz CT molecular complexity index is 641. The highest BCUT2D eigenvalue weighted by Crippen LogP contribution is 2.80. The van der Waals surface area contributed by atoms with Crippen molar-refractivity contribution in [3.63, 3.8) is 0 Å². The standard InChI is InChI=1S/C22H32O3/c1-13(23)25-15-6-9-21(3)18-7-8-20(2)17(4-5-19(20)24)16(18)10-14-11-22(14,21)12-15/h14-18H,4-12H2,1-3H3/t14?,15-,16-,17-,18-,20-,21+,22?/m0/s1. The molecule has 0 aliphatic heterocycles. The molecule has 1 spiro atoms. The molecule has 5 rings (SSSR count). The maximum absolute atomic E-state index is 12.6. The molecule has 5 aliphatic rings. The topological polar surface area (TPSA) is 43.4 Å². The van der Waals surface area contributed by atoms with E-state index in [0.717, 1.165) is 49.9 Å². The average Bonchev–Trinajstić information content (AvgIpc) is 3.15. The Morgan fingerprint density at radius 2 is 1.88 bits per heavy atom. The second-order valence-corrected chi connectivity index (χ2v) is 10.5. The predicted octanol–water partition coefficient (Wildman–Crippen LogP) is 4.53. The molecule has 0 aromatic heterocycles. The lowest BCUT2D eigenvalue weighted by molar-refractivity contribution is -0.163. The first kappa shape index (κ1) is 16.3. The van der Waals surface area contributed by atoms with E-state index < -0.39 is 0 Å². The van der Waals surface area contributed by atoms with Gasteiger partial charge in [0.25, 0.3) is 0 Å². The third-order valence-electron chi connectivity index (χ3n) is 9.80. The number of ether oxygens (including phenoxy) is 1. The Morgan fingerprint density at radius 3 is 2.64 bits per heavy atom. The monoisotopic (exact) mass is 344 g/mol. The van der Waals surface area contributed by atoms with Gasteiger partial charge in [0.1, 0.15) is 11.9 Å². The summed E-state index contributed by atoms with van der Waals surface area (Å²) in [6.07, 6.45) is 10.5. The van der Waals surface area contributed by atoms with E-state index >= 15 is 0 Å². The van der Waals surface area contributed by atoms with Crippen LogP contribution >= 0.6 is 0 Å². The lowest BCUT2D eigenvalue weighted by Gasteiger charge is -2.60. The zero-order valence-electron chi connectivity index (χ0n) is 16.0. The van der Waals surface area contributed by atoms with Gasteiger partial charge in [-0.1, -0.05) is 13.8 Å². The van der Waals surface area contributed by atoms with Gasteiger partial charge in [0.05, 0.1) is 0 Å². The second kappa shape index (κ2) is 4.89. The summed E-state index contributed by atoms with van der Waals surface area (Å²) >= 11 is 0. The Kier molecular flexibility index (Phi) is 3.20. The lowest BCUT2D eigenvalue weighted by Crippen LogP contribution is -2.55. The van der Waals surface area contributed by atoms with E-state index in [0.29, 0.717) is 22.5 Å². The number of fused-ring (bicyclic) bond motifs is 4. The third kappa shape index (κ3) is 1.93. The molecular weight excluding hydrogens is 312 g/mol. The first-order chi connectivity index (χ1) is 11.8. The molecule has 2 unspecified atom stereocenters. The number of ketones is 1. The number of rotatable bonds is 1. The second-order valence-electron chi connectivity index (χ2n) is 10.5. The Labute approximate surface area is 151 Å². The van der Waals surface area contributed by atoms with Crippen LogP contribution in [0.25, 0.3) is 0 Å². The summed E-state index contributed by atoms with van der Waals surface area (Å²) in [5, 5.41) is 0. The molecule has 25 heavy (non-hydrogen) atoms.